The zero-order valence-corrected chi connectivity index (χ0v) is 12.4. The van der Waals surface area contributed by atoms with E-state index in [2.05, 4.69) is 12.2 Å². The van der Waals surface area contributed by atoms with E-state index in [-0.39, 0.29) is 6.04 Å². The molecule has 1 N–H and O–H groups in total. The van der Waals surface area contributed by atoms with Crippen molar-refractivity contribution < 1.29 is 4.79 Å². The lowest BCUT2D eigenvalue weighted by molar-refractivity contribution is -0.121. The largest absolute Gasteiger partial charge is 0.311 e. The molecule has 1 saturated carbocycles. The Hall–Kier alpha value is -0.370. The van der Waals surface area contributed by atoms with Crippen molar-refractivity contribution in [1.82, 2.24) is 5.32 Å². The van der Waals surface area contributed by atoms with Crippen molar-refractivity contribution in [2.45, 2.75) is 78.7 Å². The first-order valence-electron chi connectivity index (χ1n) is 7.31. The molecule has 0 aromatic heterocycles. The first-order chi connectivity index (χ1) is 8.11. The average Bonchev–Trinajstić information content (AvgIpc) is 2.38. The van der Waals surface area contributed by atoms with Gasteiger partial charge in [0.2, 0.25) is 0 Å². The van der Waals surface area contributed by atoms with Gasteiger partial charge in [0.15, 0.2) is 0 Å². The predicted octanol–water partition coefficient (Wildman–Crippen LogP) is 3.94. The van der Waals surface area contributed by atoms with Crippen molar-refractivity contribution in [1.29, 1.82) is 0 Å². The molecule has 17 heavy (non-hydrogen) atoms. The van der Waals surface area contributed by atoms with Crippen LogP contribution in [0.3, 0.4) is 0 Å². The summed E-state index contributed by atoms with van der Waals surface area (Å²) in [4.78, 5) is 11.7. The molecule has 0 heterocycles. The van der Waals surface area contributed by atoms with Gasteiger partial charge in [-0.2, -0.15) is 0 Å². The molecular formula is C15H31NO. The maximum absolute atomic E-state index is 11.7. The minimum atomic E-state index is 0.0816. The Bertz CT molecular complexity index is 207. The molecule has 0 amide bonds. The number of likely N-dealkylation sites (N-methyl/N-ethyl adjacent to an activating group) is 1. The fourth-order valence-electron chi connectivity index (χ4n) is 2.73. The average molecular weight is 241 g/mol. The van der Waals surface area contributed by atoms with E-state index in [0.29, 0.717) is 17.6 Å². The predicted molar refractivity (Wildman–Crippen MR) is 75.3 cm³/mol. The van der Waals surface area contributed by atoms with Crippen LogP contribution in [0.2, 0.25) is 0 Å². The van der Waals surface area contributed by atoms with Gasteiger partial charge >= 0.3 is 0 Å². The van der Waals surface area contributed by atoms with Gasteiger partial charge in [0, 0.05) is 6.42 Å². The Kier molecular flexibility index (Phi) is 8.49. The minimum absolute atomic E-state index is 0.0816. The van der Waals surface area contributed by atoms with E-state index < -0.39 is 0 Å². The molecule has 2 heteroatoms. The van der Waals surface area contributed by atoms with Crippen molar-refractivity contribution in [3.8, 4) is 0 Å². The summed E-state index contributed by atoms with van der Waals surface area (Å²) in [6.45, 7) is 8.30. The number of carbonyl (C=O) groups is 1. The first kappa shape index (κ1) is 16.6. The van der Waals surface area contributed by atoms with Crippen molar-refractivity contribution in [3.05, 3.63) is 0 Å². The lowest BCUT2D eigenvalue weighted by Gasteiger charge is -2.36. The van der Waals surface area contributed by atoms with Crippen LogP contribution >= 0.6 is 0 Å². The van der Waals surface area contributed by atoms with Crippen molar-refractivity contribution in [2.24, 2.45) is 5.41 Å². The highest BCUT2D eigenvalue weighted by molar-refractivity contribution is 5.83. The van der Waals surface area contributed by atoms with Gasteiger partial charge in [-0.15, -0.1) is 0 Å². The zero-order valence-electron chi connectivity index (χ0n) is 12.4. The topological polar surface area (TPSA) is 29.1 Å². The summed E-state index contributed by atoms with van der Waals surface area (Å²) in [5, 5.41) is 3.18. The molecule has 1 aliphatic carbocycles. The molecule has 0 radical (unpaired) electrons. The maximum atomic E-state index is 11.7. The molecule has 102 valence electrons. The number of nitrogens with one attached hydrogen (secondary N) is 1. The Morgan fingerprint density at radius 1 is 1.24 bits per heavy atom. The van der Waals surface area contributed by atoms with E-state index in [4.69, 9.17) is 0 Å². The molecule has 0 aliphatic heterocycles. The summed E-state index contributed by atoms with van der Waals surface area (Å²) in [6.07, 6.45) is 8.32. The van der Waals surface area contributed by atoms with E-state index in [0.717, 1.165) is 6.42 Å². The highest BCUT2D eigenvalue weighted by atomic mass is 16.1. The van der Waals surface area contributed by atoms with Gasteiger partial charge in [-0.1, -0.05) is 47.0 Å². The number of rotatable bonds is 5. The summed E-state index contributed by atoms with van der Waals surface area (Å²) in [5.74, 6) is 0.365. The van der Waals surface area contributed by atoms with Crippen LogP contribution in [-0.4, -0.2) is 18.9 Å². The van der Waals surface area contributed by atoms with Crippen molar-refractivity contribution in [3.63, 3.8) is 0 Å². The van der Waals surface area contributed by atoms with Crippen LogP contribution < -0.4 is 5.32 Å². The molecule has 0 bridgehead atoms. The molecule has 0 aromatic rings. The molecule has 1 fully saturated rings. The Balaban J connectivity index is 0.00000121. The summed E-state index contributed by atoms with van der Waals surface area (Å²) in [7, 11) is 1.91. The third kappa shape index (κ3) is 5.67. The van der Waals surface area contributed by atoms with Crippen LogP contribution in [0.15, 0.2) is 0 Å². The van der Waals surface area contributed by atoms with Crippen LogP contribution in [0.5, 0.6) is 0 Å². The Morgan fingerprint density at radius 3 is 2.18 bits per heavy atom. The zero-order chi connectivity index (χ0) is 13.3. The lowest BCUT2D eigenvalue weighted by Crippen LogP contribution is -2.39. The smallest absolute Gasteiger partial charge is 0.149 e. The van der Waals surface area contributed by atoms with E-state index in [1.165, 1.54) is 32.1 Å². The molecule has 1 aliphatic rings. The number of carbonyl (C=O) groups excluding carboxylic acids is 1. The molecule has 0 aromatic carbocycles. The normalized spacial score (nSPS) is 20.1. The van der Waals surface area contributed by atoms with Crippen molar-refractivity contribution >= 4 is 5.78 Å². The van der Waals surface area contributed by atoms with E-state index in [9.17, 15) is 4.79 Å². The monoisotopic (exact) mass is 241 g/mol. The molecule has 0 saturated heterocycles. The van der Waals surface area contributed by atoms with Gasteiger partial charge in [-0.25, -0.2) is 0 Å². The SMILES string of the molecule is CC.CCC(=O)C(CC1(C)CCCCC1)NC. The second-order valence-corrected chi connectivity index (χ2v) is 5.24. The molecular weight excluding hydrogens is 210 g/mol. The lowest BCUT2D eigenvalue weighted by atomic mass is 9.71. The van der Waals surface area contributed by atoms with Gasteiger partial charge in [-0.3, -0.25) is 4.79 Å². The second-order valence-electron chi connectivity index (χ2n) is 5.24. The molecule has 1 unspecified atom stereocenters. The second kappa shape index (κ2) is 8.68. The summed E-state index contributed by atoms with van der Waals surface area (Å²) < 4.78 is 0. The van der Waals surface area contributed by atoms with Gasteiger partial charge in [0.05, 0.1) is 6.04 Å². The quantitative estimate of drug-likeness (QED) is 0.790. The summed E-state index contributed by atoms with van der Waals surface area (Å²) in [5.41, 5.74) is 0.400. The summed E-state index contributed by atoms with van der Waals surface area (Å²) >= 11 is 0. The molecule has 2 nitrogen and oxygen atoms in total. The molecule has 1 rings (SSSR count). The fraction of sp³-hybridized carbons (Fsp3) is 0.933. The van der Waals surface area contributed by atoms with Gasteiger partial charge < -0.3 is 5.32 Å². The van der Waals surface area contributed by atoms with Crippen LogP contribution in [0, 0.1) is 5.41 Å². The Labute approximate surface area is 108 Å². The van der Waals surface area contributed by atoms with Gasteiger partial charge in [0.25, 0.3) is 0 Å². The van der Waals surface area contributed by atoms with E-state index in [1.54, 1.807) is 0 Å². The van der Waals surface area contributed by atoms with Crippen LogP contribution in [0.4, 0.5) is 0 Å². The molecule has 0 spiro atoms. The van der Waals surface area contributed by atoms with Crippen LogP contribution in [0.1, 0.15) is 72.6 Å². The third-order valence-electron chi connectivity index (χ3n) is 3.84. The highest BCUT2D eigenvalue weighted by Gasteiger charge is 2.31. The van der Waals surface area contributed by atoms with Crippen LogP contribution in [-0.2, 0) is 4.79 Å². The number of hydrogen-bond acceptors (Lipinski definition) is 2. The van der Waals surface area contributed by atoms with Gasteiger partial charge in [0.1, 0.15) is 5.78 Å². The number of hydrogen-bond donors (Lipinski definition) is 1. The number of ketones is 1. The maximum Gasteiger partial charge on any atom is 0.149 e. The highest BCUT2D eigenvalue weighted by Crippen LogP contribution is 2.39. The first-order valence-corrected chi connectivity index (χ1v) is 7.31. The van der Waals surface area contributed by atoms with Crippen LogP contribution in [0.25, 0.3) is 0 Å². The summed E-state index contributed by atoms with van der Waals surface area (Å²) in [6, 6.07) is 0.0816. The minimum Gasteiger partial charge on any atom is -0.311 e. The Morgan fingerprint density at radius 2 is 1.76 bits per heavy atom. The van der Waals surface area contributed by atoms with E-state index in [1.807, 2.05) is 27.8 Å². The van der Waals surface area contributed by atoms with Crippen molar-refractivity contribution in [2.75, 3.05) is 7.05 Å². The van der Waals surface area contributed by atoms with E-state index >= 15 is 0 Å². The molecule has 1 atom stereocenters. The third-order valence-corrected chi connectivity index (χ3v) is 3.84. The van der Waals surface area contributed by atoms with Gasteiger partial charge in [-0.05, 0) is 31.7 Å². The fourth-order valence-corrected chi connectivity index (χ4v) is 2.73. The standard InChI is InChI=1S/C13H25NO.C2H6/c1-4-12(15)11(14-3)10-13(2)8-6-5-7-9-13;1-2/h11,14H,4-10H2,1-3H3;1-2H3. The number of Topliss-reactive ketones (excluding diaryl/α,β-unsaturated/α-hetero) is 1.